The molecule has 0 unspecified atom stereocenters. The highest BCUT2D eigenvalue weighted by Crippen LogP contribution is 2.25. The van der Waals surface area contributed by atoms with Crippen LogP contribution in [-0.4, -0.2) is 56.1 Å². The van der Waals surface area contributed by atoms with Crippen molar-refractivity contribution in [1.82, 2.24) is 10.2 Å². The van der Waals surface area contributed by atoms with Gasteiger partial charge in [-0.2, -0.15) is 0 Å². The zero-order valence-corrected chi connectivity index (χ0v) is 15.2. The first-order chi connectivity index (χ1) is 11.8. The van der Waals surface area contributed by atoms with Crippen molar-refractivity contribution in [2.75, 3.05) is 32.1 Å². The van der Waals surface area contributed by atoms with Gasteiger partial charge < -0.3 is 4.90 Å². The molecule has 1 aliphatic rings. The van der Waals surface area contributed by atoms with Crippen molar-refractivity contribution < 1.29 is 14.4 Å². The van der Waals surface area contributed by atoms with Crippen molar-refractivity contribution in [2.24, 2.45) is 10.9 Å². The summed E-state index contributed by atoms with van der Waals surface area (Å²) in [6.45, 7) is 3.17. The fraction of sp³-hybridized carbons (Fsp3) is 0.412. The number of amides is 4. The summed E-state index contributed by atoms with van der Waals surface area (Å²) in [5.74, 6) is -2.43. The van der Waals surface area contributed by atoms with Gasteiger partial charge in [-0.15, -0.1) is 0 Å². The van der Waals surface area contributed by atoms with E-state index in [-0.39, 0.29) is 0 Å². The highest BCUT2D eigenvalue weighted by molar-refractivity contribution is 6.34. The number of hydrogen-bond donors (Lipinski definition) is 1. The molecular weight excluding hydrogens is 344 g/mol. The number of nitrogens with one attached hydrogen (secondary N) is 1. The van der Waals surface area contributed by atoms with Gasteiger partial charge in [-0.05, 0) is 51.7 Å². The van der Waals surface area contributed by atoms with Crippen LogP contribution in [0.2, 0.25) is 5.02 Å². The second kappa shape index (κ2) is 8.22. The molecule has 0 radical (unpaired) electrons. The Morgan fingerprint density at radius 3 is 2.68 bits per heavy atom. The molecule has 0 bridgehead atoms. The van der Waals surface area contributed by atoms with Crippen molar-refractivity contribution in [2.45, 2.75) is 13.3 Å². The number of hydrogen-bond acceptors (Lipinski definition) is 5. The lowest BCUT2D eigenvalue weighted by Crippen LogP contribution is -2.58. The van der Waals surface area contributed by atoms with Crippen LogP contribution < -0.4 is 10.2 Å². The number of urea groups is 1. The highest BCUT2D eigenvalue weighted by atomic mass is 35.5. The average molecular weight is 365 g/mol. The topological polar surface area (TPSA) is 82.1 Å². The molecule has 8 heteroatoms. The maximum atomic E-state index is 12.6. The molecule has 1 fully saturated rings. The third-order valence-electron chi connectivity index (χ3n) is 3.76. The van der Waals surface area contributed by atoms with Crippen LogP contribution in [0.1, 0.15) is 12.0 Å². The number of aryl methyl sites for hydroxylation is 1. The summed E-state index contributed by atoms with van der Waals surface area (Å²) in [6, 6.07) is 4.06. The number of aliphatic imine (C=N–C) groups is 1. The van der Waals surface area contributed by atoms with Gasteiger partial charge in [-0.1, -0.05) is 17.7 Å². The fourth-order valence-electron chi connectivity index (χ4n) is 2.35. The van der Waals surface area contributed by atoms with Crippen molar-refractivity contribution in [3.8, 4) is 0 Å². The molecule has 1 heterocycles. The van der Waals surface area contributed by atoms with E-state index >= 15 is 0 Å². The Labute approximate surface area is 151 Å². The summed E-state index contributed by atoms with van der Waals surface area (Å²) in [7, 11) is 3.91. The average Bonchev–Trinajstić information content (AvgIpc) is 2.52. The van der Waals surface area contributed by atoms with E-state index in [1.807, 2.05) is 25.9 Å². The van der Waals surface area contributed by atoms with Gasteiger partial charge in [-0.3, -0.25) is 19.9 Å². The van der Waals surface area contributed by atoms with E-state index < -0.39 is 23.8 Å². The number of benzene rings is 1. The van der Waals surface area contributed by atoms with Gasteiger partial charge in [0.25, 0.3) is 5.91 Å². The Hall–Kier alpha value is -2.25. The minimum absolute atomic E-state index is 0.316. The first-order valence-corrected chi connectivity index (χ1v) is 8.28. The molecule has 25 heavy (non-hydrogen) atoms. The summed E-state index contributed by atoms with van der Waals surface area (Å²) >= 11 is 6.07. The van der Waals surface area contributed by atoms with Gasteiger partial charge in [0.15, 0.2) is 5.92 Å². The maximum absolute atomic E-state index is 12.6. The van der Waals surface area contributed by atoms with Crippen molar-refractivity contribution in [3.63, 3.8) is 0 Å². The maximum Gasteiger partial charge on any atom is 0.335 e. The third kappa shape index (κ3) is 4.64. The summed E-state index contributed by atoms with van der Waals surface area (Å²) in [6.07, 6.45) is 2.12. The molecule has 1 N–H and O–H groups in total. The first kappa shape index (κ1) is 19.1. The Kier molecular flexibility index (Phi) is 6.27. The minimum atomic E-state index is -1.13. The summed E-state index contributed by atoms with van der Waals surface area (Å²) < 4.78 is 0. The van der Waals surface area contributed by atoms with E-state index in [1.165, 1.54) is 12.3 Å². The van der Waals surface area contributed by atoms with Crippen molar-refractivity contribution in [3.05, 3.63) is 28.8 Å². The number of barbiturate groups is 1. The van der Waals surface area contributed by atoms with Crippen molar-refractivity contribution in [1.29, 1.82) is 0 Å². The number of anilines is 1. The Bertz CT molecular complexity index is 718. The van der Waals surface area contributed by atoms with Gasteiger partial charge >= 0.3 is 6.03 Å². The zero-order chi connectivity index (χ0) is 18.6. The molecule has 4 amide bonds. The number of carbonyl (C=O) groups is 3. The summed E-state index contributed by atoms with van der Waals surface area (Å²) in [5, 5.41) is 2.62. The number of imide groups is 2. The molecule has 2 rings (SSSR count). The number of halogens is 1. The second-order valence-corrected chi connectivity index (χ2v) is 6.50. The van der Waals surface area contributed by atoms with Gasteiger partial charge in [0.05, 0.1) is 5.69 Å². The van der Waals surface area contributed by atoms with Crippen LogP contribution in [0.25, 0.3) is 0 Å². The molecular formula is C17H21ClN4O3. The summed E-state index contributed by atoms with van der Waals surface area (Å²) in [5.41, 5.74) is 1.14. The monoisotopic (exact) mass is 364 g/mol. The fourth-order valence-corrected chi connectivity index (χ4v) is 2.52. The van der Waals surface area contributed by atoms with E-state index in [0.717, 1.165) is 23.4 Å². The standard InChI is InChI=1S/C17H21ClN4O3/c1-11-5-6-12(9-14(11)18)22-16(24)13(15(23)20-17(22)25)10-19-7-4-8-21(2)3/h5-6,9-10,13H,4,7-8H2,1-3H3,(H,20,23,25)/t13-/m0/s1. The van der Waals surface area contributed by atoms with Crippen LogP contribution in [-0.2, 0) is 9.59 Å². The van der Waals surface area contributed by atoms with Crippen LogP contribution in [0.5, 0.6) is 0 Å². The molecule has 0 saturated carbocycles. The van der Waals surface area contributed by atoms with Crippen LogP contribution >= 0.6 is 11.6 Å². The van der Waals surface area contributed by atoms with Gasteiger partial charge in [0.2, 0.25) is 5.91 Å². The third-order valence-corrected chi connectivity index (χ3v) is 4.17. The first-order valence-electron chi connectivity index (χ1n) is 7.91. The summed E-state index contributed by atoms with van der Waals surface area (Å²) in [4.78, 5) is 43.8. The van der Waals surface area contributed by atoms with E-state index in [9.17, 15) is 14.4 Å². The predicted molar refractivity (Wildman–Crippen MR) is 97.2 cm³/mol. The van der Waals surface area contributed by atoms with Crippen LogP contribution in [0, 0.1) is 12.8 Å². The molecule has 0 aliphatic carbocycles. The molecule has 1 aromatic carbocycles. The quantitative estimate of drug-likeness (QED) is 0.474. The molecule has 1 atom stereocenters. The minimum Gasteiger partial charge on any atom is -0.309 e. The Morgan fingerprint density at radius 1 is 1.32 bits per heavy atom. The predicted octanol–water partition coefficient (Wildman–Crippen LogP) is 1.87. The Balaban J connectivity index is 2.15. The molecule has 1 aliphatic heterocycles. The van der Waals surface area contributed by atoms with Crippen molar-refractivity contribution >= 4 is 41.3 Å². The Morgan fingerprint density at radius 2 is 2.04 bits per heavy atom. The lowest BCUT2D eigenvalue weighted by molar-refractivity contribution is -0.131. The number of rotatable bonds is 6. The van der Waals surface area contributed by atoms with Crippen LogP contribution in [0.3, 0.4) is 0 Å². The van der Waals surface area contributed by atoms with Crippen LogP contribution in [0.4, 0.5) is 10.5 Å². The number of carbonyl (C=O) groups excluding carboxylic acids is 3. The molecule has 0 aromatic heterocycles. The van der Waals surface area contributed by atoms with Gasteiger partial charge in [0.1, 0.15) is 0 Å². The highest BCUT2D eigenvalue weighted by Gasteiger charge is 2.40. The zero-order valence-electron chi connectivity index (χ0n) is 14.5. The van der Waals surface area contributed by atoms with E-state index in [0.29, 0.717) is 17.3 Å². The van der Waals surface area contributed by atoms with E-state index in [2.05, 4.69) is 10.3 Å². The van der Waals surface area contributed by atoms with Gasteiger partial charge in [-0.25, -0.2) is 9.69 Å². The lowest BCUT2D eigenvalue weighted by atomic mass is 10.1. The molecule has 134 valence electrons. The SMILES string of the molecule is Cc1ccc(N2C(=O)NC(=O)[C@H](C=NCCCN(C)C)C2=O)cc1Cl. The second-order valence-electron chi connectivity index (χ2n) is 6.09. The normalized spacial score (nSPS) is 18.4. The number of nitrogens with zero attached hydrogens (tertiary/aromatic N) is 3. The molecule has 1 aromatic rings. The molecule has 0 spiro atoms. The smallest absolute Gasteiger partial charge is 0.309 e. The molecule has 7 nitrogen and oxygen atoms in total. The van der Waals surface area contributed by atoms with E-state index in [4.69, 9.17) is 11.6 Å². The molecule has 1 saturated heterocycles. The van der Waals surface area contributed by atoms with E-state index in [1.54, 1.807) is 12.1 Å². The van der Waals surface area contributed by atoms with Gasteiger partial charge in [0, 0.05) is 17.8 Å². The van der Waals surface area contributed by atoms with Crippen LogP contribution in [0.15, 0.2) is 23.2 Å². The largest absolute Gasteiger partial charge is 0.335 e. The lowest BCUT2D eigenvalue weighted by Gasteiger charge is -2.28.